The summed E-state index contributed by atoms with van der Waals surface area (Å²) in [5, 5.41) is 2.81. The molecule has 1 aromatic carbocycles. The summed E-state index contributed by atoms with van der Waals surface area (Å²) in [4.78, 5) is 26.7. The zero-order valence-electron chi connectivity index (χ0n) is 18.1. The Kier molecular flexibility index (Phi) is 7.45. The zero-order valence-corrected chi connectivity index (χ0v) is 18.9. The summed E-state index contributed by atoms with van der Waals surface area (Å²) in [5.41, 5.74) is 0.207. The summed E-state index contributed by atoms with van der Waals surface area (Å²) in [7, 11) is -3.55. The number of nitrogens with one attached hydrogen (secondary N) is 1. The maximum atomic E-state index is 12.8. The quantitative estimate of drug-likeness (QED) is 0.696. The van der Waals surface area contributed by atoms with Crippen LogP contribution in [0.4, 0.5) is 5.69 Å². The highest BCUT2D eigenvalue weighted by atomic mass is 32.2. The van der Waals surface area contributed by atoms with Gasteiger partial charge >= 0.3 is 0 Å². The van der Waals surface area contributed by atoms with Gasteiger partial charge in [-0.25, -0.2) is 8.42 Å². The van der Waals surface area contributed by atoms with Gasteiger partial charge in [0.15, 0.2) is 0 Å². The third kappa shape index (κ3) is 5.57. The van der Waals surface area contributed by atoms with Gasteiger partial charge < -0.3 is 10.2 Å². The fourth-order valence-corrected chi connectivity index (χ4v) is 5.11. The molecule has 1 saturated heterocycles. The molecule has 0 bridgehead atoms. The summed E-state index contributed by atoms with van der Waals surface area (Å²) in [6.07, 6.45) is 1.69. The molecule has 1 N–H and O–H groups in total. The van der Waals surface area contributed by atoms with Crippen molar-refractivity contribution in [3.05, 3.63) is 24.3 Å². The lowest BCUT2D eigenvalue weighted by Crippen LogP contribution is -2.42. The molecule has 1 atom stereocenters. The number of anilines is 1. The lowest BCUT2D eigenvalue weighted by Gasteiger charge is -2.31. The predicted octanol–water partition coefficient (Wildman–Crippen LogP) is 3.08. The van der Waals surface area contributed by atoms with Gasteiger partial charge in [0.1, 0.15) is 0 Å². The Morgan fingerprint density at radius 2 is 1.69 bits per heavy atom. The van der Waals surface area contributed by atoms with Crippen LogP contribution in [0.25, 0.3) is 0 Å². The molecule has 1 heterocycles. The van der Waals surface area contributed by atoms with Crippen LogP contribution in [0, 0.1) is 5.92 Å². The highest BCUT2D eigenvalue weighted by Gasteiger charge is 2.39. The van der Waals surface area contributed by atoms with Gasteiger partial charge in [0.25, 0.3) is 0 Å². The standard InChI is InChI=1S/C21H33N3O4S/c1-6-12-23(13-7-2)29(27,28)18-10-8-17(9-11-18)22-20(26)16-14-19(25)24(15-16)21(3,4)5/h8-11,16H,6-7,12-15H2,1-5H3,(H,22,26)/t16-/m1/s1. The van der Waals surface area contributed by atoms with Crippen LogP contribution in [0.15, 0.2) is 29.2 Å². The number of rotatable bonds is 8. The van der Waals surface area contributed by atoms with Crippen LogP contribution in [0.3, 0.4) is 0 Å². The molecule has 1 aliphatic heterocycles. The van der Waals surface area contributed by atoms with E-state index in [1.165, 1.54) is 16.4 Å². The van der Waals surface area contributed by atoms with E-state index in [2.05, 4.69) is 5.32 Å². The summed E-state index contributed by atoms with van der Waals surface area (Å²) in [6.45, 7) is 11.1. The number of carbonyl (C=O) groups is 2. The minimum Gasteiger partial charge on any atom is -0.337 e. The lowest BCUT2D eigenvalue weighted by molar-refractivity contribution is -0.131. The summed E-state index contributed by atoms with van der Waals surface area (Å²) >= 11 is 0. The highest BCUT2D eigenvalue weighted by molar-refractivity contribution is 7.89. The SMILES string of the molecule is CCCN(CCC)S(=O)(=O)c1ccc(NC(=O)[C@@H]2CC(=O)N(C(C)(C)C)C2)cc1. The number of benzene rings is 1. The minimum atomic E-state index is -3.55. The molecule has 2 amide bonds. The zero-order chi connectivity index (χ0) is 21.8. The second-order valence-electron chi connectivity index (χ2n) is 8.49. The van der Waals surface area contributed by atoms with Crippen LogP contribution < -0.4 is 5.32 Å². The van der Waals surface area contributed by atoms with E-state index < -0.39 is 15.9 Å². The molecule has 162 valence electrons. The number of carbonyl (C=O) groups excluding carboxylic acids is 2. The van der Waals surface area contributed by atoms with Crippen LogP contribution in [-0.4, -0.2) is 54.6 Å². The maximum absolute atomic E-state index is 12.8. The molecule has 7 nitrogen and oxygen atoms in total. The first-order chi connectivity index (χ1) is 13.5. The largest absolute Gasteiger partial charge is 0.337 e. The molecule has 0 aliphatic carbocycles. The first-order valence-electron chi connectivity index (χ1n) is 10.2. The third-order valence-electron chi connectivity index (χ3n) is 5.01. The Hall–Kier alpha value is -1.93. The average Bonchev–Trinajstić information content (AvgIpc) is 3.04. The molecular weight excluding hydrogens is 390 g/mol. The van der Waals surface area contributed by atoms with E-state index in [0.29, 0.717) is 25.3 Å². The number of nitrogens with zero attached hydrogens (tertiary/aromatic N) is 2. The summed E-state index contributed by atoms with van der Waals surface area (Å²) in [5.74, 6) is -0.653. The number of hydrogen-bond acceptors (Lipinski definition) is 4. The van der Waals surface area contributed by atoms with Gasteiger partial charge in [-0.05, 0) is 57.9 Å². The minimum absolute atomic E-state index is 0.0222. The second kappa shape index (κ2) is 9.26. The molecule has 0 saturated carbocycles. The monoisotopic (exact) mass is 423 g/mol. The first-order valence-corrected chi connectivity index (χ1v) is 11.7. The Labute approximate surface area is 174 Å². The number of amides is 2. The molecule has 29 heavy (non-hydrogen) atoms. The van der Waals surface area contributed by atoms with Gasteiger partial charge in [-0.15, -0.1) is 0 Å². The van der Waals surface area contributed by atoms with E-state index in [1.807, 2.05) is 34.6 Å². The van der Waals surface area contributed by atoms with Crippen molar-refractivity contribution in [2.24, 2.45) is 5.92 Å². The molecule has 0 aromatic heterocycles. The van der Waals surface area contributed by atoms with Crippen molar-refractivity contribution in [3.63, 3.8) is 0 Å². The summed E-state index contributed by atoms with van der Waals surface area (Å²) < 4.78 is 27.1. The van der Waals surface area contributed by atoms with Crippen molar-refractivity contribution >= 4 is 27.5 Å². The van der Waals surface area contributed by atoms with Crippen molar-refractivity contribution in [2.45, 2.75) is 64.3 Å². The van der Waals surface area contributed by atoms with Crippen LogP contribution in [-0.2, 0) is 19.6 Å². The van der Waals surface area contributed by atoms with Gasteiger partial charge in [-0.2, -0.15) is 4.31 Å². The van der Waals surface area contributed by atoms with Gasteiger partial charge in [-0.1, -0.05) is 13.8 Å². The van der Waals surface area contributed by atoms with Gasteiger partial charge in [-0.3, -0.25) is 9.59 Å². The van der Waals surface area contributed by atoms with Crippen LogP contribution in [0.1, 0.15) is 53.9 Å². The molecule has 0 radical (unpaired) electrons. The van der Waals surface area contributed by atoms with Crippen molar-refractivity contribution in [2.75, 3.05) is 25.0 Å². The van der Waals surface area contributed by atoms with E-state index in [9.17, 15) is 18.0 Å². The highest BCUT2D eigenvalue weighted by Crippen LogP contribution is 2.27. The van der Waals surface area contributed by atoms with Crippen molar-refractivity contribution < 1.29 is 18.0 Å². The third-order valence-corrected chi connectivity index (χ3v) is 6.92. The predicted molar refractivity (Wildman–Crippen MR) is 114 cm³/mol. The average molecular weight is 424 g/mol. The fraction of sp³-hybridized carbons (Fsp3) is 0.619. The molecule has 1 aromatic rings. The van der Waals surface area contributed by atoms with Crippen molar-refractivity contribution in [3.8, 4) is 0 Å². The van der Waals surface area contributed by atoms with Crippen LogP contribution in [0.2, 0.25) is 0 Å². The Bertz CT molecular complexity index is 822. The molecule has 1 fully saturated rings. The van der Waals surface area contributed by atoms with Crippen molar-refractivity contribution in [1.82, 2.24) is 9.21 Å². The van der Waals surface area contributed by atoms with E-state index in [0.717, 1.165) is 12.8 Å². The Morgan fingerprint density at radius 3 is 2.14 bits per heavy atom. The molecule has 8 heteroatoms. The smallest absolute Gasteiger partial charge is 0.243 e. The van der Waals surface area contributed by atoms with E-state index >= 15 is 0 Å². The Morgan fingerprint density at radius 1 is 1.14 bits per heavy atom. The lowest BCUT2D eigenvalue weighted by atomic mass is 10.1. The number of hydrogen-bond donors (Lipinski definition) is 1. The van der Waals surface area contributed by atoms with Crippen molar-refractivity contribution in [1.29, 1.82) is 0 Å². The second-order valence-corrected chi connectivity index (χ2v) is 10.4. The Balaban J connectivity index is 2.07. The van der Waals surface area contributed by atoms with Gasteiger partial charge in [0.05, 0.1) is 10.8 Å². The van der Waals surface area contributed by atoms with Crippen LogP contribution >= 0.6 is 0 Å². The first kappa shape index (κ1) is 23.3. The number of likely N-dealkylation sites (tertiary alicyclic amines) is 1. The molecule has 1 aliphatic rings. The molecular formula is C21H33N3O4S. The normalized spacial score (nSPS) is 17.8. The van der Waals surface area contributed by atoms with E-state index in [1.54, 1.807) is 17.0 Å². The molecule has 0 unspecified atom stereocenters. The molecule has 2 rings (SSSR count). The fourth-order valence-electron chi connectivity index (χ4n) is 3.49. The number of sulfonamides is 1. The molecule has 0 spiro atoms. The summed E-state index contributed by atoms with van der Waals surface area (Å²) in [6, 6.07) is 6.23. The van der Waals surface area contributed by atoms with Gasteiger partial charge in [0, 0.05) is 37.3 Å². The van der Waals surface area contributed by atoms with Crippen LogP contribution in [0.5, 0.6) is 0 Å². The topological polar surface area (TPSA) is 86.8 Å². The van der Waals surface area contributed by atoms with E-state index in [4.69, 9.17) is 0 Å². The maximum Gasteiger partial charge on any atom is 0.243 e. The van der Waals surface area contributed by atoms with E-state index in [-0.39, 0.29) is 28.7 Å². The van der Waals surface area contributed by atoms with Gasteiger partial charge in [0.2, 0.25) is 21.8 Å².